The minimum absolute atomic E-state index is 0.00271. The maximum Gasteiger partial charge on any atom is 0.259 e. The molecule has 0 radical (unpaired) electrons. The van der Waals surface area contributed by atoms with Crippen molar-refractivity contribution in [1.29, 1.82) is 0 Å². The van der Waals surface area contributed by atoms with Gasteiger partial charge >= 0.3 is 0 Å². The predicted octanol–water partition coefficient (Wildman–Crippen LogP) is 4.64. The fourth-order valence-electron chi connectivity index (χ4n) is 3.33. The van der Waals surface area contributed by atoms with Crippen LogP contribution in [0.25, 0.3) is 10.2 Å². The lowest BCUT2D eigenvalue weighted by Gasteiger charge is -2.17. The largest absolute Gasteiger partial charge is 0.360 e. The summed E-state index contributed by atoms with van der Waals surface area (Å²) in [5.74, 6) is 1.40. The summed E-state index contributed by atoms with van der Waals surface area (Å²) < 4.78 is 0.878. The second kappa shape index (κ2) is 7.89. The summed E-state index contributed by atoms with van der Waals surface area (Å²) in [5, 5.41) is 13.3. The van der Waals surface area contributed by atoms with Crippen LogP contribution in [-0.2, 0) is 12.8 Å². The van der Waals surface area contributed by atoms with Crippen LogP contribution >= 0.6 is 34.4 Å². The maximum absolute atomic E-state index is 12.8. The number of thiophene rings is 1. The molecule has 0 bridgehead atoms. The molecule has 0 unspecified atom stereocenters. The molecule has 3 aromatic rings. The number of nitrogens with zero attached hydrogens (tertiary/aromatic N) is 3. The Morgan fingerprint density at radius 1 is 1.37 bits per heavy atom. The van der Waals surface area contributed by atoms with Crippen molar-refractivity contribution < 1.29 is 0 Å². The van der Waals surface area contributed by atoms with Crippen molar-refractivity contribution in [3.63, 3.8) is 0 Å². The van der Waals surface area contributed by atoms with Gasteiger partial charge in [0.1, 0.15) is 10.7 Å². The van der Waals surface area contributed by atoms with Crippen LogP contribution < -0.4 is 10.9 Å². The van der Waals surface area contributed by atoms with E-state index < -0.39 is 0 Å². The summed E-state index contributed by atoms with van der Waals surface area (Å²) in [4.78, 5) is 22.8. The first kappa shape index (κ1) is 18.9. The van der Waals surface area contributed by atoms with Crippen molar-refractivity contribution in [3.8, 4) is 0 Å². The Balaban J connectivity index is 1.58. The number of nitrogens with one attached hydrogen (secondary N) is 2. The average Bonchev–Trinajstić information content (AvgIpc) is 3.23. The van der Waals surface area contributed by atoms with Crippen LogP contribution in [0.4, 0.5) is 5.13 Å². The standard InChI is InChI=1S/C18H23N5OS3/c1-4-7-19-17-22-23-18(27-17)25-10(3)14-20-15(24)13-11-6-5-9(2)8-12(11)26-16(13)21-14/h9-10H,4-8H2,1-3H3,(H,19,22)(H,20,21,24)/t9-,10+/m1/s1. The SMILES string of the molecule is CCCNc1nnc(S[C@@H](C)c2nc3sc4c(c3c(=O)[nH]2)CC[C@@H](C)C4)s1. The number of aromatic amines is 1. The Morgan fingerprint density at radius 2 is 2.22 bits per heavy atom. The Bertz CT molecular complexity index is 1010. The normalized spacial score (nSPS) is 17.8. The third kappa shape index (κ3) is 3.90. The molecular formula is C18H23N5OS3. The molecule has 1 aliphatic carbocycles. The molecule has 0 amide bonds. The van der Waals surface area contributed by atoms with Crippen LogP contribution in [0.2, 0.25) is 0 Å². The molecular weight excluding hydrogens is 398 g/mol. The van der Waals surface area contributed by atoms with E-state index in [9.17, 15) is 4.79 Å². The van der Waals surface area contributed by atoms with E-state index in [1.54, 1.807) is 23.1 Å². The molecule has 3 heterocycles. The number of aryl methyl sites for hydroxylation is 1. The minimum Gasteiger partial charge on any atom is -0.360 e. The number of hydrogen-bond donors (Lipinski definition) is 2. The zero-order valence-corrected chi connectivity index (χ0v) is 18.1. The molecule has 0 saturated carbocycles. The minimum atomic E-state index is -0.00271. The van der Waals surface area contributed by atoms with Crippen LogP contribution in [0.5, 0.6) is 0 Å². The molecule has 2 atom stereocenters. The first-order valence-corrected chi connectivity index (χ1v) is 11.8. The van der Waals surface area contributed by atoms with Gasteiger partial charge in [-0.1, -0.05) is 36.9 Å². The highest BCUT2D eigenvalue weighted by Crippen LogP contribution is 2.38. The lowest BCUT2D eigenvalue weighted by Crippen LogP contribution is -2.15. The van der Waals surface area contributed by atoms with Crippen molar-refractivity contribution in [2.45, 2.75) is 56.0 Å². The van der Waals surface area contributed by atoms with Gasteiger partial charge < -0.3 is 10.3 Å². The van der Waals surface area contributed by atoms with Crippen LogP contribution in [0, 0.1) is 5.92 Å². The first-order valence-electron chi connectivity index (χ1n) is 9.33. The van der Waals surface area contributed by atoms with Gasteiger partial charge in [0.25, 0.3) is 5.56 Å². The lowest BCUT2D eigenvalue weighted by atomic mass is 9.89. The van der Waals surface area contributed by atoms with Crippen molar-refractivity contribution >= 4 is 49.8 Å². The van der Waals surface area contributed by atoms with Crippen molar-refractivity contribution in [3.05, 3.63) is 26.6 Å². The number of fused-ring (bicyclic) bond motifs is 3. The Morgan fingerprint density at radius 3 is 3.04 bits per heavy atom. The maximum atomic E-state index is 12.8. The van der Waals surface area contributed by atoms with Gasteiger partial charge in [0, 0.05) is 11.4 Å². The summed E-state index contributed by atoms with van der Waals surface area (Å²) in [7, 11) is 0. The highest BCUT2D eigenvalue weighted by atomic mass is 32.2. The second-order valence-electron chi connectivity index (χ2n) is 7.04. The topological polar surface area (TPSA) is 83.6 Å². The molecule has 0 aliphatic heterocycles. The highest BCUT2D eigenvalue weighted by Gasteiger charge is 2.24. The number of aromatic nitrogens is 4. The summed E-state index contributed by atoms with van der Waals surface area (Å²) >= 11 is 4.81. The predicted molar refractivity (Wildman–Crippen MR) is 114 cm³/mol. The van der Waals surface area contributed by atoms with E-state index in [0.717, 1.165) is 51.9 Å². The van der Waals surface area contributed by atoms with Gasteiger partial charge in [-0.3, -0.25) is 4.79 Å². The van der Waals surface area contributed by atoms with Gasteiger partial charge in [-0.05, 0) is 44.1 Å². The Hall–Kier alpha value is -1.45. The zero-order chi connectivity index (χ0) is 19.0. The molecule has 4 rings (SSSR count). The van der Waals surface area contributed by atoms with Crippen LogP contribution in [-0.4, -0.2) is 26.7 Å². The van der Waals surface area contributed by atoms with Gasteiger partial charge in [0.05, 0.1) is 10.6 Å². The number of anilines is 1. The number of H-pyrrole nitrogens is 1. The van der Waals surface area contributed by atoms with E-state index in [2.05, 4.69) is 34.3 Å². The van der Waals surface area contributed by atoms with Gasteiger partial charge in [-0.25, -0.2) is 4.98 Å². The zero-order valence-electron chi connectivity index (χ0n) is 15.7. The number of thioether (sulfide) groups is 1. The monoisotopic (exact) mass is 421 g/mol. The van der Waals surface area contributed by atoms with E-state index in [-0.39, 0.29) is 10.8 Å². The molecule has 27 heavy (non-hydrogen) atoms. The van der Waals surface area contributed by atoms with Crippen molar-refractivity contribution in [2.75, 3.05) is 11.9 Å². The molecule has 9 heteroatoms. The summed E-state index contributed by atoms with van der Waals surface area (Å²) in [5.41, 5.74) is 1.22. The molecule has 0 fully saturated rings. The summed E-state index contributed by atoms with van der Waals surface area (Å²) in [6.07, 6.45) is 4.25. The molecule has 2 N–H and O–H groups in total. The number of rotatable bonds is 6. The van der Waals surface area contributed by atoms with E-state index in [0.29, 0.717) is 11.7 Å². The van der Waals surface area contributed by atoms with Crippen molar-refractivity contribution in [1.82, 2.24) is 20.2 Å². The van der Waals surface area contributed by atoms with Gasteiger partial charge in [-0.2, -0.15) is 0 Å². The molecule has 6 nitrogen and oxygen atoms in total. The van der Waals surface area contributed by atoms with Gasteiger partial charge in [-0.15, -0.1) is 21.5 Å². The van der Waals surface area contributed by atoms with Gasteiger partial charge in [0.15, 0.2) is 4.34 Å². The quantitative estimate of drug-likeness (QED) is 0.564. The van der Waals surface area contributed by atoms with E-state index in [1.807, 2.05) is 6.92 Å². The van der Waals surface area contributed by atoms with Crippen LogP contribution in [0.3, 0.4) is 0 Å². The lowest BCUT2D eigenvalue weighted by molar-refractivity contribution is 0.509. The van der Waals surface area contributed by atoms with Crippen LogP contribution in [0.15, 0.2) is 9.13 Å². The fraction of sp³-hybridized carbons (Fsp3) is 0.556. The smallest absolute Gasteiger partial charge is 0.259 e. The molecule has 0 aromatic carbocycles. The second-order valence-corrected chi connectivity index (χ2v) is 10.7. The first-order chi connectivity index (χ1) is 13.0. The molecule has 3 aromatic heterocycles. The third-order valence-corrected chi connectivity index (χ3v) is 8.00. The molecule has 144 valence electrons. The van der Waals surface area contributed by atoms with Gasteiger partial charge in [0.2, 0.25) is 5.13 Å². The molecule has 0 saturated heterocycles. The molecule has 0 spiro atoms. The van der Waals surface area contributed by atoms with E-state index in [4.69, 9.17) is 4.98 Å². The number of hydrogen-bond acceptors (Lipinski definition) is 8. The highest BCUT2D eigenvalue weighted by molar-refractivity contribution is 8.01. The third-order valence-electron chi connectivity index (χ3n) is 4.78. The van der Waals surface area contributed by atoms with E-state index >= 15 is 0 Å². The summed E-state index contributed by atoms with van der Waals surface area (Å²) in [6, 6.07) is 0. The Labute approximate surface area is 170 Å². The Kier molecular flexibility index (Phi) is 5.52. The fourth-order valence-corrected chi connectivity index (χ4v) is 6.70. The van der Waals surface area contributed by atoms with E-state index in [1.165, 1.54) is 21.8 Å². The summed E-state index contributed by atoms with van der Waals surface area (Å²) in [6.45, 7) is 7.33. The average molecular weight is 422 g/mol. The molecule has 1 aliphatic rings. The van der Waals surface area contributed by atoms with Crippen molar-refractivity contribution in [2.24, 2.45) is 5.92 Å². The van der Waals surface area contributed by atoms with Crippen LogP contribution in [0.1, 0.15) is 55.1 Å².